The molecule has 1 N–H and O–H groups in total. The molecule has 1 fully saturated rings. The highest BCUT2D eigenvalue weighted by Crippen LogP contribution is 2.22. The molecular weight excluding hydrogens is 324 g/mol. The Morgan fingerprint density at radius 2 is 2.16 bits per heavy atom. The third-order valence-corrected chi connectivity index (χ3v) is 4.39. The van der Waals surface area contributed by atoms with E-state index in [0.29, 0.717) is 43.9 Å². The fourth-order valence-corrected chi connectivity index (χ4v) is 3.01. The van der Waals surface area contributed by atoms with Gasteiger partial charge in [-0.25, -0.2) is 0 Å². The molecule has 134 valence electrons. The molecule has 1 aliphatic heterocycles. The van der Waals surface area contributed by atoms with E-state index in [-0.39, 0.29) is 17.7 Å². The number of ether oxygens (including phenoxy) is 1. The van der Waals surface area contributed by atoms with Crippen molar-refractivity contribution >= 4 is 11.8 Å². The Morgan fingerprint density at radius 1 is 1.40 bits per heavy atom. The van der Waals surface area contributed by atoms with Crippen LogP contribution in [0.15, 0.2) is 29.0 Å². The van der Waals surface area contributed by atoms with Gasteiger partial charge in [-0.05, 0) is 25.0 Å². The number of nitrogens with zero attached hydrogens (tertiary/aromatic N) is 3. The number of nitrogens with one attached hydrogen (secondary N) is 1. The number of carbonyl (C=O) groups excluding carboxylic acids is 2. The zero-order valence-electron chi connectivity index (χ0n) is 14.4. The minimum atomic E-state index is -0.112. The molecule has 3 heterocycles. The molecule has 8 nitrogen and oxygen atoms in total. The predicted octanol–water partition coefficient (Wildman–Crippen LogP) is 1.19. The van der Waals surface area contributed by atoms with E-state index >= 15 is 0 Å². The minimum Gasteiger partial charge on any atom is -0.479 e. The maximum Gasteiger partial charge on any atom is 0.260 e. The Balaban J connectivity index is 1.52. The molecule has 8 heteroatoms. The van der Waals surface area contributed by atoms with Crippen molar-refractivity contribution in [3.05, 3.63) is 35.9 Å². The molecule has 0 bridgehead atoms. The molecule has 2 aromatic rings. The number of rotatable bonds is 5. The molecule has 0 radical (unpaired) electrons. The number of hydrogen-bond donors (Lipinski definition) is 1. The van der Waals surface area contributed by atoms with Crippen molar-refractivity contribution in [1.82, 2.24) is 20.0 Å². The first kappa shape index (κ1) is 17.1. The van der Waals surface area contributed by atoms with Gasteiger partial charge in [0.2, 0.25) is 11.8 Å². The van der Waals surface area contributed by atoms with Crippen LogP contribution in [0.1, 0.15) is 29.0 Å². The summed E-state index contributed by atoms with van der Waals surface area (Å²) < 4.78 is 11.9. The van der Waals surface area contributed by atoms with E-state index < -0.39 is 0 Å². The number of methoxy groups -OCH3 is 1. The average molecular weight is 346 g/mol. The Labute approximate surface area is 145 Å². The number of hydrogen-bond acceptors (Lipinski definition) is 5. The summed E-state index contributed by atoms with van der Waals surface area (Å²) in [5.41, 5.74) is 0.450. The number of amides is 2. The summed E-state index contributed by atoms with van der Waals surface area (Å²) in [6, 6.07) is 3.61. The maximum atomic E-state index is 12.6. The largest absolute Gasteiger partial charge is 0.479 e. The van der Waals surface area contributed by atoms with Gasteiger partial charge in [-0.3, -0.25) is 14.3 Å². The van der Waals surface area contributed by atoms with E-state index in [1.54, 1.807) is 35.2 Å². The van der Waals surface area contributed by atoms with Crippen LogP contribution in [0.2, 0.25) is 0 Å². The molecule has 1 saturated heterocycles. The second-order valence-electron chi connectivity index (χ2n) is 6.09. The molecule has 25 heavy (non-hydrogen) atoms. The fourth-order valence-electron chi connectivity index (χ4n) is 3.01. The van der Waals surface area contributed by atoms with Gasteiger partial charge in [0.05, 0.1) is 19.9 Å². The number of furan rings is 1. The summed E-state index contributed by atoms with van der Waals surface area (Å²) >= 11 is 0. The van der Waals surface area contributed by atoms with Gasteiger partial charge in [0.15, 0.2) is 0 Å². The van der Waals surface area contributed by atoms with Crippen LogP contribution in [0.25, 0.3) is 0 Å². The summed E-state index contributed by atoms with van der Waals surface area (Å²) in [5, 5.41) is 6.99. The predicted molar refractivity (Wildman–Crippen MR) is 88.9 cm³/mol. The number of aromatic nitrogens is 2. The van der Waals surface area contributed by atoms with Crippen molar-refractivity contribution in [3.8, 4) is 5.88 Å². The topological polar surface area (TPSA) is 89.6 Å². The van der Waals surface area contributed by atoms with Crippen molar-refractivity contribution in [2.24, 2.45) is 13.0 Å². The van der Waals surface area contributed by atoms with Crippen molar-refractivity contribution in [2.45, 2.75) is 19.4 Å². The van der Waals surface area contributed by atoms with Crippen molar-refractivity contribution in [1.29, 1.82) is 0 Å². The first-order chi connectivity index (χ1) is 12.1. The number of likely N-dealkylation sites (tertiary alicyclic amines) is 1. The monoisotopic (exact) mass is 346 g/mol. The first-order valence-electron chi connectivity index (χ1n) is 8.25. The Kier molecular flexibility index (Phi) is 5.06. The van der Waals surface area contributed by atoms with Crippen LogP contribution in [0, 0.1) is 5.92 Å². The van der Waals surface area contributed by atoms with Crippen LogP contribution in [-0.4, -0.2) is 46.7 Å². The van der Waals surface area contributed by atoms with Gasteiger partial charge < -0.3 is 19.4 Å². The number of aryl methyl sites for hydroxylation is 1. The van der Waals surface area contributed by atoms with Crippen molar-refractivity contribution in [2.75, 3.05) is 20.2 Å². The van der Waals surface area contributed by atoms with Gasteiger partial charge in [0.25, 0.3) is 5.91 Å². The first-order valence-corrected chi connectivity index (χ1v) is 8.25. The lowest BCUT2D eigenvalue weighted by Crippen LogP contribution is -2.42. The van der Waals surface area contributed by atoms with Crippen LogP contribution in [0.5, 0.6) is 5.88 Å². The van der Waals surface area contributed by atoms with E-state index in [9.17, 15) is 9.59 Å². The molecule has 1 aliphatic rings. The van der Waals surface area contributed by atoms with Crippen molar-refractivity contribution < 1.29 is 18.7 Å². The quantitative estimate of drug-likeness (QED) is 0.878. The standard InChI is InChI=1S/C17H22N4O4/c1-20-11-14(16(19-20)24-2)17(23)21-7-5-12(6-8-21)15(22)18-10-13-4-3-9-25-13/h3-4,9,11-12H,5-8,10H2,1-2H3,(H,18,22). The summed E-state index contributed by atoms with van der Waals surface area (Å²) in [7, 11) is 3.24. The Bertz CT molecular complexity index is 730. The summed E-state index contributed by atoms with van der Waals surface area (Å²) in [6.07, 6.45) is 4.51. The summed E-state index contributed by atoms with van der Waals surface area (Å²) in [6.45, 7) is 1.46. The SMILES string of the molecule is COc1nn(C)cc1C(=O)N1CCC(C(=O)NCc2ccco2)CC1. The Hall–Kier alpha value is -2.77. The van der Waals surface area contributed by atoms with Gasteiger partial charge >= 0.3 is 0 Å². The zero-order chi connectivity index (χ0) is 17.8. The van der Waals surface area contributed by atoms with Gasteiger partial charge in [0.1, 0.15) is 11.3 Å². The smallest absolute Gasteiger partial charge is 0.260 e. The zero-order valence-corrected chi connectivity index (χ0v) is 14.4. The molecule has 2 aromatic heterocycles. The lowest BCUT2D eigenvalue weighted by atomic mass is 9.95. The van der Waals surface area contributed by atoms with E-state index in [1.165, 1.54) is 7.11 Å². The maximum absolute atomic E-state index is 12.6. The number of piperidine rings is 1. The van der Waals surface area contributed by atoms with Crippen molar-refractivity contribution in [3.63, 3.8) is 0 Å². The average Bonchev–Trinajstić information content (AvgIpc) is 3.28. The second-order valence-corrected chi connectivity index (χ2v) is 6.09. The summed E-state index contributed by atoms with van der Waals surface area (Å²) in [4.78, 5) is 26.6. The highest BCUT2D eigenvalue weighted by molar-refractivity contribution is 5.96. The molecule has 0 aromatic carbocycles. The molecule has 3 rings (SSSR count). The van der Waals surface area contributed by atoms with E-state index in [1.807, 2.05) is 6.07 Å². The van der Waals surface area contributed by atoms with E-state index in [0.717, 1.165) is 5.76 Å². The molecule has 0 atom stereocenters. The third-order valence-electron chi connectivity index (χ3n) is 4.39. The molecule has 0 saturated carbocycles. The highest BCUT2D eigenvalue weighted by Gasteiger charge is 2.29. The molecule has 0 spiro atoms. The van der Waals surface area contributed by atoms with Gasteiger partial charge in [-0.2, -0.15) is 0 Å². The lowest BCUT2D eigenvalue weighted by molar-refractivity contribution is -0.126. The van der Waals surface area contributed by atoms with Gasteiger partial charge in [0, 0.05) is 32.3 Å². The molecule has 2 amide bonds. The highest BCUT2D eigenvalue weighted by atomic mass is 16.5. The molecule has 0 unspecified atom stereocenters. The molecule has 0 aliphatic carbocycles. The van der Waals surface area contributed by atoms with Crippen LogP contribution in [0.4, 0.5) is 0 Å². The fraction of sp³-hybridized carbons (Fsp3) is 0.471. The van der Waals surface area contributed by atoms with Crippen LogP contribution >= 0.6 is 0 Å². The van der Waals surface area contributed by atoms with Gasteiger partial charge in [-0.1, -0.05) is 0 Å². The lowest BCUT2D eigenvalue weighted by Gasteiger charge is -2.31. The Morgan fingerprint density at radius 3 is 2.80 bits per heavy atom. The minimum absolute atomic E-state index is 0.00228. The van der Waals surface area contributed by atoms with Crippen LogP contribution in [-0.2, 0) is 18.4 Å². The van der Waals surface area contributed by atoms with E-state index in [2.05, 4.69) is 10.4 Å². The third kappa shape index (κ3) is 3.84. The van der Waals surface area contributed by atoms with Crippen LogP contribution in [0.3, 0.4) is 0 Å². The van der Waals surface area contributed by atoms with Crippen LogP contribution < -0.4 is 10.1 Å². The normalized spacial score (nSPS) is 15.2. The van der Waals surface area contributed by atoms with Gasteiger partial charge in [-0.15, -0.1) is 5.10 Å². The van der Waals surface area contributed by atoms with E-state index in [4.69, 9.17) is 9.15 Å². The molecular formula is C17H22N4O4. The second kappa shape index (κ2) is 7.42. The number of carbonyl (C=O) groups is 2. The summed E-state index contributed by atoms with van der Waals surface area (Å²) in [5.74, 6) is 0.854.